The molecule has 1 fully saturated rings. The van der Waals surface area contributed by atoms with Crippen LogP contribution < -0.4 is 16.0 Å². The van der Waals surface area contributed by atoms with Gasteiger partial charge in [0.1, 0.15) is 6.04 Å². The number of nitrogens with one attached hydrogen (secondary N) is 1. The second kappa shape index (κ2) is 5.19. The summed E-state index contributed by atoms with van der Waals surface area (Å²) in [7, 11) is 0. The minimum atomic E-state index is -0.623. The summed E-state index contributed by atoms with van der Waals surface area (Å²) in [6, 6.07) is 2.35. The van der Waals surface area contributed by atoms with Gasteiger partial charge < -0.3 is 16.0 Å². The Morgan fingerprint density at radius 1 is 1.63 bits per heavy atom. The Balaban J connectivity index is 2.46. The van der Waals surface area contributed by atoms with Crippen molar-refractivity contribution >= 4 is 17.4 Å². The molecular formula is C11H15N5O3. The number of primary amides is 1. The lowest BCUT2D eigenvalue weighted by molar-refractivity contribution is -0.384. The van der Waals surface area contributed by atoms with Crippen LogP contribution in [0.15, 0.2) is 12.1 Å². The van der Waals surface area contributed by atoms with Gasteiger partial charge in [-0.1, -0.05) is 0 Å². The molecule has 8 nitrogen and oxygen atoms in total. The van der Waals surface area contributed by atoms with Crippen molar-refractivity contribution < 1.29 is 9.72 Å². The molecule has 1 atom stereocenters. The molecule has 0 saturated carbocycles. The lowest BCUT2D eigenvalue weighted by Crippen LogP contribution is -2.57. The van der Waals surface area contributed by atoms with Gasteiger partial charge in [0, 0.05) is 31.4 Å². The van der Waals surface area contributed by atoms with Gasteiger partial charge in [-0.15, -0.1) is 0 Å². The molecule has 19 heavy (non-hydrogen) atoms. The van der Waals surface area contributed by atoms with Crippen LogP contribution in [0, 0.1) is 17.0 Å². The third-order valence-electron chi connectivity index (χ3n) is 3.03. The molecule has 1 saturated heterocycles. The molecule has 0 bridgehead atoms. The quantitative estimate of drug-likeness (QED) is 0.565. The highest BCUT2D eigenvalue weighted by molar-refractivity contribution is 5.84. The molecule has 1 aliphatic heterocycles. The van der Waals surface area contributed by atoms with Gasteiger partial charge in [0.2, 0.25) is 11.7 Å². The van der Waals surface area contributed by atoms with Crippen LogP contribution in [0.25, 0.3) is 0 Å². The van der Waals surface area contributed by atoms with Crippen LogP contribution in [0.5, 0.6) is 0 Å². The normalized spacial score (nSPS) is 19.2. The van der Waals surface area contributed by atoms with Gasteiger partial charge in [0.15, 0.2) is 0 Å². The predicted octanol–water partition coefficient (Wildman–Crippen LogP) is -0.438. The highest BCUT2D eigenvalue weighted by atomic mass is 16.6. The number of carbonyl (C=O) groups is 1. The van der Waals surface area contributed by atoms with Crippen molar-refractivity contribution in [1.82, 2.24) is 10.3 Å². The Kier molecular flexibility index (Phi) is 3.61. The van der Waals surface area contributed by atoms with E-state index in [1.165, 1.54) is 6.07 Å². The average molecular weight is 265 g/mol. The summed E-state index contributed by atoms with van der Waals surface area (Å²) in [6.07, 6.45) is 0. The van der Waals surface area contributed by atoms with Crippen molar-refractivity contribution in [2.24, 2.45) is 5.73 Å². The molecule has 1 unspecified atom stereocenters. The molecule has 3 N–H and O–H groups in total. The van der Waals surface area contributed by atoms with Crippen molar-refractivity contribution in [3.8, 4) is 0 Å². The fraction of sp³-hybridized carbons (Fsp3) is 0.455. The zero-order valence-electron chi connectivity index (χ0n) is 10.5. The molecular weight excluding hydrogens is 250 g/mol. The summed E-state index contributed by atoms with van der Waals surface area (Å²) in [4.78, 5) is 27.8. The average Bonchev–Trinajstić information content (AvgIpc) is 2.38. The van der Waals surface area contributed by atoms with Gasteiger partial charge >= 0.3 is 5.69 Å². The first kappa shape index (κ1) is 13.2. The highest BCUT2D eigenvalue weighted by Gasteiger charge is 2.32. The smallest absolute Gasteiger partial charge is 0.311 e. The first-order valence-electron chi connectivity index (χ1n) is 5.89. The molecule has 1 aromatic rings. The maximum Gasteiger partial charge on any atom is 0.311 e. The molecule has 0 aromatic carbocycles. The number of piperazine rings is 1. The van der Waals surface area contributed by atoms with Gasteiger partial charge in [-0.2, -0.15) is 0 Å². The molecule has 0 spiro atoms. The third-order valence-corrected chi connectivity index (χ3v) is 3.03. The van der Waals surface area contributed by atoms with E-state index in [-0.39, 0.29) is 11.5 Å². The van der Waals surface area contributed by atoms with E-state index < -0.39 is 16.9 Å². The minimum absolute atomic E-state index is 0.112. The van der Waals surface area contributed by atoms with Crippen LogP contribution >= 0.6 is 0 Å². The van der Waals surface area contributed by atoms with Crippen LogP contribution in [-0.4, -0.2) is 41.5 Å². The zero-order valence-corrected chi connectivity index (χ0v) is 10.5. The largest absolute Gasteiger partial charge is 0.368 e. The number of carbonyl (C=O) groups excluding carboxylic acids is 1. The summed E-state index contributed by atoms with van der Waals surface area (Å²) < 4.78 is 0. The number of nitro groups is 1. The van der Waals surface area contributed by atoms with Gasteiger partial charge in [-0.05, 0) is 13.0 Å². The van der Waals surface area contributed by atoms with E-state index in [2.05, 4.69) is 10.3 Å². The fourth-order valence-corrected chi connectivity index (χ4v) is 2.10. The molecule has 1 aliphatic rings. The summed E-state index contributed by atoms with van der Waals surface area (Å²) in [5.74, 6) is -0.319. The van der Waals surface area contributed by atoms with Crippen molar-refractivity contribution in [2.45, 2.75) is 13.0 Å². The molecule has 2 heterocycles. The highest BCUT2D eigenvalue weighted by Crippen LogP contribution is 2.28. The van der Waals surface area contributed by atoms with Gasteiger partial charge in [-0.3, -0.25) is 14.9 Å². The molecule has 102 valence electrons. The Labute approximate surface area is 109 Å². The number of amides is 1. The van der Waals surface area contributed by atoms with Crippen LogP contribution in [0.3, 0.4) is 0 Å². The Morgan fingerprint density at radius 3 is 3.00 bits per heavy atom. The summed E-state index contributed by atoms with van der Waals surface area (Å²) in [5, 5.41) is 14.1. The van der Waals surface area contributed by atoms with Crippen molar-refractivity contribution in [2.75, 3.05) is 24.5 Å². The Hall–Kier alpha value is -2.22. The summed E-state index contributed by atoms with van der Waals surface area (Å²) >= 11 is 0. The van der Waals surface area contributed by atoms with E-state index >= 15 is 0 Å². The van der Waals surface area contributed by atoms with Crippen LogP contribution in [0.2, 0.25) is 0 Å². The lowest BCUT2D eigenvalue weighted by Gasteiger charge is -2.34. The lowest BCUT2D eigenvalue weighted by atomic mass is 10.1. The maximum absolute atomic E-state index is 11.4. The van der Waals surface area contributed by atoms with E-state index in [9.17, 15) is 14.9 Å². The summed E-state index contributed by atoms with van der Waals surface area (Å²) in [5.41, 5.74) is 5.88. The maximum atomic E-state index is 11.4. The number of rotatable bonds is 3. The first-order chi connectivity index (χ1) is 9.00. The van der Waals surface area contributed by atoms with Crippen LogP contribution in [0.4, 0.5) is 11.5 Å². The Morgan fingerprint density at radius 2 is 2.37 bits per heavy atom. The molecule has 1 amide bonds. The predicted molar refractivity (Wildman–Crippen MR) is 68.8 cm³/mol. The van der Waals surface area contributed by atoms with Gasteiger partial charge in [0.25, 0.3) is 0 Å². The van der Waals surface area contributed by atoms with Gasteiger partial charge in [-0.25, -0.2) is 4.98 Å². The molecule has 2 rings (SSSR count). The van der Waals surface area contributed by atoms with E-state index in [1.54, 1.807) is 17.9 Å². The van der Waals surface area contributed by atoms with E-state index in [0.29, 0.717) is 25.3 Å². The van der Waals surface area contributed by atoms with Gasteiger partial charge in [0.05, 0.1) is 4.92 Å². The second-order valence-corrected chi connectivity index (χ2v) is 4.37. The SMILES string of the molecule is Cc1ccc([N+](=O)[O-])c(N2CCNCC2C(N)=O)n1. The number of nitrogens with two attached hydrogens (primary N) is 1. The van der Waals surface area contributed by atoms with E-state index in [0.717, 1.165) is 0 Å². The number of aromatic nitrogens is 1. The zero-order chi connectivity index (χ0) is 14.0. The van der Waals surface area contributed by atoms with E-state index in [1.807, 2.05) is 0 Å². The first-order valence-corrected chi connectivity index (χ1v) is 5.89. The number of nitrogens with zero attached hydrogens (tertiary/aromatic N) is 3. The van der Waals surface area contributed by atoms with Crippen molar-refractivity contribution in [1.29, 1.82) is 0 Å². The topological polar surface area (TPSA) is 114 Å². The number of anilines is 1. The summed E-state index contributed by atoms with van der Waals surface area (Å²) in [6.45, 7) is 3.18. The van der Waals surface area contributed by atoms with Crippen LogP contribution in [-0.2, 0) is 4.79 Å². The standard InChI is InChI=1S/C11H15N5O3/c1-7-2-3-8(16(18)19)11(14-7)15-5-4-13-6-9(15)10(12)17/h2-3,9,13H,4-6H2,1H3,(H2,12,17). The van der Waals surface area contributed by atoms with Crippen molar-refractivity contribution in [3.63, 3.8) is 0 Å². The van der Waals surface area contributed by atoms with Crippen LogP contribution in [0.1, 0.15) is 5.69 Å². The Bertz CT molecular complexity index is 519. The number of hydrogen-bond donors (Lipinski definition) is 2. The number of pyridine rings is 1. The molecule has 1 aromatic heterocycles. The molecule has 8 heteroatoms. The second-order valence-electron chi connectivity index (χ2n) is 4.37. The molecule has 0 aliphatic carbocycles. The third kappa shape index (κ3) is 2.63. The minimum Gasteiger partial charge on any atom is -0.368 e. The number of hydrogen-bond acceptors (Lipinski definition) is 6. The van der Waals surface area contributed by atoms with E-state index in [4.69, 9.17) is 5.73 Å². The molecule has 0 radical (unpaired) electrons. The fourth-order valence-electron chi connectivity index (χ4n) is 2.10. The van der Waals surface area contributed by atoms with Crippen molar-refractivity contribution in [3.05, 3.63) is 27.9 Å². The monoisotopic (exact) mass is 265 g/mol. The number of aryl methyl sites for hydroxylation is 1.